The zero-order chi connectivity index (χ0) is 19.1. The van der Waals surface area contributed by atoms with Gasteiger partial charge < -0.3 is 15.0 Å². The first-order valence-electron chi connectivity index (χ1n) is 8.93. The van der Waals surface area contributed by atoms with Gasteiger partial charge in [-0.25, -0.2) is 4.99 Å². The Labute approximate surface area is 162 Å². The van der Waals surface area contributed by atoms with E-state index in [9.17, 15) is 10.1 Å². The molecule has 0 saturated carbocycles. The number of guanidine groups is 1. The van der Waals surface area contributed by atoms with E-state index in [-0.39, 0.29) is 5.69 Å². The Morgan fingerprint density at radius 3 is 2.81 bits per heavy atom. The summed E-state index contributed by atoms with van der Waals surface area (Å²) in [5.41, 5.74) is 2.28. The van der Waals surface area contributed by atoms with Crippen molar-refractivity contribution in [2.45, 2.75) is 19.5 Å². The van der Waals surface area contributed by atoms with Crippen molar-refractivity contribution in [3.63, 3.8) is 0 Å². The summed E-state index contributed by atoms with van der Waals surface area (Å²) in [4.78, 5) is 17.2. The Kier molecular flexibility index (Phi) is 6.78. The smallest absolute Gasteiger partial charge is 0.269 e. The van der Waals surface area contributed by atoms with E-state index in [1.165, 1.54) is 17.7 Å². The number of benzene rings is 1. The fourth-order valence-electron chi connectivity index (χ4n) is 2.91. The zero-order valence-corrected chi connectivity index (χ0v) is 16.2. The summed E-state index contributed by atoms with van der Waals surface area (Å²) in [7, 11) is 2.02. The van der Waals surface area contributed by atoms with E-state index in [0.717, 1.165) is 44.2 Å². The van der Waals surface area contributed by atoms with Crippen LogP contribution in [0, 0.1) is 16.0 Å². The Morgan fingerprint density at radius 1 is 1.37 bits per heavy atom. The van der Waals surface area contributed by atoms with E-state index in [2.05, 4.69) is 27.0 Å². The lowest BCUT2D eigenvalue weighted by Gasteiger charge is -2.23. The fraction of sp³-hybridized carbons (Fsp3) is 0.421. The molecule has 3 rings (SSSR count). The molecular formula is C19H24N4O3S. The van der Waals surface area contributed by atoms with Gasteiger partial charge in [0.1, 0.15) is 0 Å². The average Bonchev–Trinajstić information content (AvgIpc) is 3.36. The standard InChI is InChI=1S/C19H24N4O3S/c1-22(12-17-7-9-27-14-17)19(21-11-16-6-8-26-13-16)20-10-15-2-4-18(5-3-15)23(24)25/h2-5,7,9,14,16H,6,8,10-13H2,1H3,(H,20,21). The third-order valence-electron chi connectivity index (χ3n) is 4.49. The van der Waals surface area contributed by atoms with Crippen molar-refractivity contribution in [1.29, 1.82) is 0 Å². The van der Waals surface area contributed by atoms with E-state index >= 15 is 0 Å². The van der Waals surface area contributed by atoms with E-state index < -0.39 is 4.92 Å². The Morgan fingerprint density at radius 2 is 2.19 bits per heavy atom. The van der Waals surface area contributed by atoms with Gasteiger partial charge in [0.25, 0.3) is 5.69 Å². The highest BCUT2D eigenvalue weighted by Gasteiger charge is 2.17. The molecule has 1 atom stereocenters. The fourth-order valence-corrected chi connectivity index (χ4v) is 3.57. The second-order valence-corrected chi connectivity index (χ2v) is 7.44. The molecule has 0 aliphatic carbocycles. The van der Waals surface area contributed by atoms with Gasteiger partial charge in [0, 0.05) is 44.8 Å². The SMILES string of the molecule is CN(Cc1ccsc1)C(=NCc1ccc([N+](=O)[O-])cc1)NCC1CCOC1. The summed E-state index contributed by atoms with van der Waals surface area (Å²) < 4.78 is 5.45. The second kappa shape index (κ2) is 9.48. The minimum absolute atomic E-state index is 0.0943. The maximum atomic E-state index is 10.8. The molecule has 1 aliphatic heterocycles. The first-order chi connectivity index (χ1) is 13.1. The molecule has 144 valence electrons. The van der Waals surface area contributed by atoms with Crippen molar-refractivity contribution in [3.05, 3.63) is 62.3 Å². The number of nitrogens with one attached hydrogen (secondary N) is 1. The summed E-state index contributed by atoms with van der Waals surface area (Å²) in [5.74, 6) is 1.33. The molecule has 1 N–H and O–H groups in total. The maximum Gasteiger partial charge on any atom is 0.269 e. The molecule has 7 nitrogen and oxygen atoms in total. The largest absolute Gasteiger partial charge is 0.381 e. The van der Waals surface area contributed by atoms with Crippen molar-refractivity contribution in [2.24, 2.45) is 10.9 Å². The molecule has 8 heteroatoms. The number of hydrogen-bond donors (Lipinski definition) is 1. The number of rotatable bonds is 7. The molecule has 1 aliphatic rings. The minimum Gasteiger partial charge on any atom is -0.381 e. The number of nitro benzene ring substituents is 1. The average molecular weight is 388 g/mol. The molecule has 1 saturated heterocycles. The first kappa shape index (κ1) is 19.3. The van der Waals surface area contributed by atoms with Crippen LogP contribution >= 0.6 is 11.3 Å². The molecule has 0 radical (unpaired) electrons. The van der Waals surface area contributed by atoms with E-state index in [4.69, 9.17) is 9.73 Å². The number of ether oxygens (including phenoxy) is 1. The van der Waals surface area contributed by atoms with Gasteiger partial charge in [0.2, 0.25) is 0 Å². The number of non-ortho nitro benzene ring substituents is 1. The predicted octanol–water partition coefficient (Wildman–Crippen LogP) is 3.27. The quantitative estimate of drug-likeness (QED) is 0.341. The normalized spacial score (nSPS) is 17.1. The van der Waals surface area contributed by atoms with Crippen LogP contribution in [0.1, 0.15) is 17.5 Å². The highest BCUT2D eigenvalue weighted by Crippen LogP contribution is 2.14. The first-order valence-corrected chi connectivity index (χ1v) is 9.87. The van der Waals surface area contributed by atoms with E-state index in [1.54, 1.807) is 23.5 Å². The number of aliphatic imine (C=N–C) groups is 1. The molecule has 1 fully saturated rings. The molecule has 0 spiro atoms. The molecule has 1 aromatic carbocycles. The zero-order valence-electron chi connectivity index (χ0n) is 15.3. The van der Waals surface area contributed by atoms with Crippen LogP contribution < -0.4 is 5.32 Å². The molecule has 1 aromatic heterocycles. The molecule has 0 amide bonds. The Balaban J connectivity index is 1.66. The van der Waals surface area contributed by atoms with Crippen molar-refractivity contribution in [1.82, 2.24) is 10.2 Å². The van der Waals surface area contributed by atoms with Gasteiger partial charge in [0.15, 0.2) is 5.96 Å². The van der Waals surface area contributed by atoms with Crippen LogP contribution in [-0.4, -0.2) is 42.6 Å². The van der Waals surface area contributed by atoms with Gasteiger partial charge in [-0.1, -0.05) is 12.1 Å². The summed E-state index contributed by atoms with van der Waals surface area (Å²) >= 11 is 1.68. The number of nitrogens with zero attached hydrogens (tertiary/aromatic N) is 3. The molecule has 27 heavy (non-hydrogen) atoms. The van der Waals surface area contributed by atoms with Gasteiger partial charge >= 0.3 is 0 Å². The Hall–Kier alpha value is -2.45. The molecule has 2 heterocycles. The highest BCUT2D eigenvalue weighted by atomic mass is 32.1. The molecule has 1 unspecified atom stereocenters. The predicted molar refractivity (Wildman–Crippen MR) is 107 cm³/mol. The van der Waals surface area contributed by atoms with Crippen molar-refractivity contribution < 1.29 is 9.66 Å². The van der Waals surface area contributed by atoms with Crippen LogP contribution in [0.4, 0.5) is 5.69 Å². The van der Waals surface area contributed by atoms with Crippen LogP contribution in [0.5, 0.6) is 0 Å². The van der Waals surface area contributed by atoms with Crippen LogP contribution in [-0.2, 0) is 17.8 Å². The number of nitro groups is 1. The van der Waals surface area contributed by atoms with Crippen molar-refractivity contribution in [3.8, 4) is 0 Å². The monoisotopic (exact) mass is 388 g/mol. The maximum absolute atomic E-state index is 10.8. The number of thiophene rings is 1. The van der Waals surface area contributed by atoms with Crippen molar-refractivity contribution in [2.75, 3.05) is 26.8 Å². The summed E-state index contributed by atoms with van der Waals surface area (Å²) in [6.45, 7) is 3.68. The van der Waals surface area contributed by atoms with Crippen LogP contribution in [0.15, 0.2) is 46.1 Å². The van der Waals surface area contributed by atoms with Gasteiger partial charge in [-0.3, -0.25) is 10.1 Å². The topological polar surface area (TPSA) is 80.0 Å². The summed E-state index contributed by atoms with van der Waals surface area (Å²) in [6, 6.07) is 8.65. The third-order valence-corrected chi connectivity index (χ3v) is 5.22. The van der Waals surface area contributed by atoms with Gasteiger partial charge in [-0.15, -0.1) is 0 Å². The van der Waals surface area contributed by atoms with Crippen molar-refractivity contribution >= 4 is 23.0 Å². The molecule has 2 aromatic rings. The molecular weight excluding hydrogens is 364 g/mol. The van der Waals surface area contributed by atoms with E-state index in [1.807, 2.05) is 7.05 Å². The second-order valence-electron chi connectivity index (χ2n) is 6.66. The van der Waals surface area contributed by atoms with E-state index in [0.29, 0.717) is 12.5 Å². The summed E-state index contributed by atoms with van der Waals surface area (Å²) in [5, 5.41) is 18.5. The lowest BCUT2D eigenvalue weighted by atomic mass is 10.1. The minimum atomic E-state index is -0.391. The van der Waals surface area contributed by atoms with Crippen LogP contribution in [0.2, 0.25) is 0 Å². The van der Waals surface area contributed by atoms with Crippen LogP contribution in [0.3, 0.4) is 0 Å². The van der Waals surface area contributed by atoms with Crippen LogP contribution in [0.25, 0.3) is 0 Å². The summed E-state index contributed by atoms with van der Waals surface area (Å²) in [6.07, 6.45) is 1.07. The van der Waals surface area contributed by atoms with Gasteiger partial charge in [-0.2, -0.15) is 11.3 Å². The third kappa shape index (κ3) is 5.77. The Bertz CT molecular complexity index is 756. The lowest BCUT2D eigenvalue weighted by molar-refractivity contribution is -0.384. The van der Waals surface area contributed by atoms with Gasteiger partial charge in [-0.05, 0) is 34.4 Å². The highest BCUT2D eigenvalue weighted by molar-refractivity contribution is 7.07. The lowest BCUT2D eigenvalue weighted by Crippen LogP contribution is -2.41. The molecule has 0 bridgehead atoms. The van der Waals surface area contributed by atoms with Gasteiger partial charge in [0.05, 0.1) is 18.1 Å². The number of hydrogen-bond acceptors (Lipinski definition) is 5.